The van der Waals surface area contributed by atoms with Gasteiger partial charge in [0.05, 0.1) is 25.0 Å². The van der Waals surface area contributed by atoms with Gasteiger partial charge < -0.3 is 15.2 Å². The van der Waals surface area contributed by atoms with Crippen LogP contribution in [0, 0.1) is 0 Å². The lowest BCUT2D eigenvalue weighted by Gasteiger charge is -2.07. The Hall–Kier alpha value is -1.56. The number of hydrogen-bond donors (Lipinski definition) is 2. The number of carboxylic acids is 1. The number of rotatable bonds is 6. The maximum Gasteiger partial charge on any atom is 0.325 e. The number of nitrogens with zero attached hydrogens (tertiary/aromatic N) is 2. The minimum atomic E-state index is -0.889. The van der Waals surface area contributed by atoms with Gasteiger partial charge in [0.15, 0.2) is 0 Å². The van der Waals surface area contributed by atoms with Crippen molar-refractivity contribution in [3.05, 3.63) is 12.4 Å². The van der Waals surface area contributed by atoms with Crippen LogP contribution < -0.4 is 5.32 Å². The third-order valence-electron chi connectivity index (χ3n) is 1.91. The lowest BCUT2D eigenvalue weighted by atomic mass is 10.3. The highest BCUT2D eigenvalue weighted by atomic mass is 16.5. The predicted octanol–water partition coefficient (Wildman–Crippen LogP) is 0.414. The molecule has 1 rings (SSSR count). The number of anilines is 1. The number of carbonyl (C=O) groups is 1. The Morgan fingerprint density at radius 3 is 3.13 bits per heavy atom. The van der Waals surface area contributed by atoms with Gasteiger partial charge >= 0.3 is 5.97 Å². The van der Waals surface area contributed by atoms with Gasteiger partial charge in [-0.25, -0.2) is 0 Å². The number of ether oxygens (including phenoxy) is 1. The zero-order valence-electron chi connectivity index (χ0n) is 8.80. The summed E-state index contributed by atoms with van der Waals surface area (Å²) in [6.45, 7) is 2.81. The van der Waals surface area contributed by atoms with Gasteiger partial charge in [-0.05, 0) is 6.92 Å². The molecule has 0 aliphatic rings. The van der Waals surface area contributed by atoms with Crippen molar-refractivity contribution in [2.75, 3.05) is 19.0 Å². The molecule has 0 amide bonds. The van der Waals surface area contributed by atoms with Gasteiger partial charge in [0, 0.05) is 13.3 Å². The van der Waals surface area contributed by atoms with E-state index in [4.69, 9.17) is 9.84 Å². The maximum atomic E-state index is 10.6. The molecule has 0 aliphatic heterocycles. The van der Waals surface area contributed by atoms with Gasteiger partial charge in [0.2, 0.25) is 0 Å². The molecule has 1 aromatic rings. The molecule has 0 radical (unpaired) electrons. The highest BCUT2D eigenvalue weighted by Crippen LogP contribution is 2.06. The quantitative estimate of drug-likeness (QED) is 0.716. The summed E-state index contributed by atoms with van der Waals surface area (Å²) in [4.78, 5) is 10.6. The van der Waals surface area contributed by atoms with Gasteiger partial charge in [-0.1, -0.05) is 0 Å². The first-order valence-electron chi connectivity index (χ1n) is 4.64. The number of aromatic nitrogens is 2. The second-order valence-corrected chi connectivity index (χ2v) is 3.19. The Kier molecular flexibility index (Phi) is 4.11. The molecule has 6 heteroatoms. The Balaban J connectivity index is 2.49. The monoisotopic (exact) mass is 213 g/mol. The normalized spacial score (nSPS) is 12.4. The largest absolute Gasteiger partial charge is 0.480 e. The van der Waals surface area contributed by atoms with Crippen LogP contribution >= 0.6 is 0 Å². The van der Waals surface area contributed by atoms with Crippen molar-refractivity contribution in [3.63, 3.8) is 0 Å². The molecule has 0 aliphatic carbocycles. The van der Waals surface area contributed by atoms with Crippen LogP contribution in [-0.4, -0.2) is 40.6 Å². The van der Waals surface area contributed by atoms with Crippen LogP contribution in [0.1, 0.15) is 6.92 Å². The zero-order valence-corrected chi connectivity index (χ0v) is 8.80. The van der Waals surface area contributed by atoms with E-state index in [0.29, 0.717) is 18.8 Å². The van der Waals surface area contributed by atoms with E-state index in [9.17, 15) is 4.79 Å². The number of aliphatic carboxylic acids is 1. The molecule has 6 nitrogen and oxygen atoms in total. The fourth-order valence-electron chi connectivity index (χ4n) is 1.06. The Labute approximate surface area is 87.8 Å². The Morgan fingerprint density at radius 1 is 1.80 bits per heavy atom. The van der Waals surface area contributed by atoms with Crippen LogP contribution in [0.15, 0.2) is 12.4 Å². The molecule has 2 N–H and O–H groups in total. The summed E-state index contributed by atoms with van der Waals surface area (Å²) >= 11 is 0. The Morgan fingerprint density at radius 2 is 2.53 bits per heavy atom. The summed E-state index contributed by atoms with van der Waals surface area (Å²) in [6.07, 6.45) is 3.34. The van der Waals surface area contributed by atoms with E-state index in [0.717, 1.165) is 0 Å². The summed E-state index contributed by atoms with van der Waals surface area (Å²) in [7, 11) is 1.62. The van der Waals surface area contributed by atoms with Crippen molar-refractivity contribution in [2.45, 2.75) is 19.5 Å². The van der Waals surface area contributed by atoms with Crippen molar-refractivity contribution >= 4 is 11.7 Å². The number of carboxylic acid groups (broad SMARTS) is 1. The van der Waals surface area contributed by atoms with Crippen LogP contribution in [0.25, 0.3) is 0 Å². The smallest absolute Gasteiger partial charge is 0.325 e. The lowest BCUT2D eigenvalue weighted by Crippen LogP contribution is -2.25. The van der Waals surface area contributed by atoms with Crippen molar-refractivity contribution < 1.29 is 14.6 Å². The lowest BCUT2D eigenvalue weighted by molar-refractivity contribution is -0.137. The molecule has 15 heavy (non-hydrogen) atoms. The fourth-order valence-corrected chi connectivity index (χ4v) is 1.06. The van der Waals surface area contributed by atoms with Crippen LogP contribution in [0.4, 0.5) is 5.69 Å². The molecule has 84 valence electrons. The SMILES string of the molecule is COCCn1cc(NC(C)C(=O)O)cn1. The summed E-state index contributed by atoms with van der Waals surface area (Å²) in [5.41, 5.74) is 0.695. The maximum absolute atomic E-state index is 10.6. The molecular weight excluding hydrogens is 198 g/mol. The second-order valence-electron chi connectivity index (χ2n) is 3.19. The first kappa shape index (κ1) is 11.5. The second kappa shape index (κ2) is 5.35. The Bertz CT molecular complexity index is 324. The van der Waals surface area contributed by atoms with E-state index in [1.54, 1.807) is 31.1 Å². The van der Waals surface area contributed by atoms with E-state index >= 15 is 0 Å². The standard InChI is InChI=1S/C9H15N3O3/c1-7(9(13)14)11-8-5-10-12(6-8)3-4-15-2/h5-7,11H,3-4H2,1-2H3,(H,13,14). The minimum absolute atomic E-state index is 0.579. The first-order chi connectivity index (χ1) is 7.13. The van der Waals surface area contributed by atoms with Gasteiger partial charge in [-0.3, -0.25) is 9.48 Å². The summed E-state index contributed by atoms with van der Waals surface area (Å²) in [5, 5.41) is 15.5. The molecular formula is C9H15N3O3. The van der Waals surface area contributed by atoms with E-state index in [1.165, 1.54) is 0 Å². The molecule has 0 saturated carbocycles. The molecule has 0 spiro atoms. The molecule has 1 heterocycles. The average Bonchev–Trinajstić information content (AvgIpc) is 2.62. The van der Waals surface area contributed by atoms with Gasteiger partial charge in [-0.2, -0.15) is 5.10 Å². The third-order valence-corrected chi connectivity index (χ3v) is 1.91. The highest BCUT2D eigenvalue weighted by Gasteiger charge is 2.10. The number of hydrogen-bond acceptors (Lipinski definition) is 4. The van der Waals surface area contributed by atoms with Crippen LogP contribution in [0.3, 0.4) is 0 Å². The van der Waals surface area contributed by atoms with Crippen LogP contribution in [-0.2, 0) is 16.1 Å². The van der Waals surface area contributed by atoms with Crippen molar-refractivity contribution in [1.82, 2.24) is 9.78 Å². The zero-order chi connectivity index (χ0) is 11.3. The summed E-state index contributed by atoms with van der Waals surface area (Å²) in [5.74, 6) is -0.889. The third kappa shape index (κ3) is 3.59. The predicted molar refractivity (Wildman–Crippen MR) is 54.8 cm³/mol. The van der Waals surface area contributed by atoms with E-state index in [-0.39, 0.29) is 0 Å². The molecule has 0 bridgehead atoms. The van der Waals surface area contributed by atoms with E-state index in [2.05, 4.69) is 10.4 Å². The van der Waals surface area contributed by atoms with Crippen LogP contribution in [0.5, 0.6) is 0 Å². The van der Waals surface area contributed by atoms with E-state index in [1.807, 2.05) is 0 Å². The number of methoxy groups -OCH3 is 1. The van der Waals surface area contributed by atoms with Gasteiger partial charge in [0.25, 0.3) is 0 Å². The average molecular weight is 213 g/mol. The van der Waals surface area contributed by atoms with Gasteiger partial charge in [-0.15, -0.1) is 0 Å². The minimum Gasteiger partial charge on any atom is -0.480 e. The molecule has 0 saturated heterocycles. The van der Waals surface area contributed by atoms with Gasteiger partial charge in [0.1, 0.15) is 6.04 Å². The summed E-state index contributed by atoms with van der Waals surface area (Å²) < 4.78 is 6.59. The molecule has 1 aromatic heterocycles. The topological polar surface area (TPSA) is 76.4 Å². The molecule has 0 fully saturated rings. The highest BCUT2D eigenvalue weighted by molar-refractivity contribution is 5.76. The fraction of sp³-hybridized carbons (Fsp3) is 0.556. The molecule has 1 atom stereocenters. The number of nitrogens with one attached hydrogen (secondary N) is 1. The summed E-state index contributed by atoms with van der Waals surface area (Å²) in [6, 6.07) is -0.620. The van der Waals surface area contributed by atoms with Crippen molar-refractivity contribution in [3.8, 4) is 0 Å². The van der Waals surface area contributed by atoms with E-state index < -0.39 is 12.0 Å². The molecule has 0 aromatic carbocycles. The van der Waals surface area contributed by atoms with Crippen LogP contribution in [0.2, 0.25) is 0 Å². The first-order valence-corrected chi connectivity index (χ1v) is 4.64. The molecule has 1 unspecified atom stereocenters. The van der Waals surface area contributed by atoms with Crippen molar-refractivity contribution in [1.29, 1.82) is 0 Å². The van der Waals surface area contributed by atoms with Crippen molar-refractivity contribution in [2.24, 2.45) is 0 Å².